The van der Waals surface area contributed by atoms with Gasteiger partial charge in [-0.2, -0.15) is 0 Å². The Kier molecular flexibility index (Phi) is 7.18. The molecule has 2 aromatic rings. The predicted octanol–water partition coefficient (Wildman–Crippen LogP) is 3.07. The van der Waals surface area contributed by atoms with Gasteiger partial charge in [-0.1, -0.05) is 60.6 Å². The molecule has 3 amide bonds. The number of aromatic nitrogens is 2. The van der Waals surface area contributed by atoms with Gasteiger partial charge in [-0.25, -0.2) is 0 Å². The molecule has 1 saturated carbocycles. The summed E-state index contributed by atoms with van der Waals surface area (Å²) in [5, 5.41) is 14.3. The Morgan fingerprint density at radius 1 is 1.13 bits per heavy atom. The minimum absolute atomic E-state index is 0.00292. The maximum absolute atomic E-state index is 12.6. The second-order valence-corrected chi connectivity index (χ2v) is 9.99. The summed E-state index contributed by atoms with van der Waals surface area (Å²) in [5.74, 6) is -0.460. The van der Waals surface area contributed by atoms with E-state index in [9.17, 15) is 14.4 Å². The topological polar surface area (TPSA) is 104 Å². The summed E-state index contributed by atoms with van der Waals surface area (Å²) in [5.41, 5.74) is 0.795. The monoisotopic (exact) mass is 459 g/mol. The lowest BCUT2D eigenvalue weighted by molar-refractivity contribution is -0.122. The molecule has 2 heterocycles. The minimum atomic E-state index is -0.436. The van der Waals surface area contributed by atoms with Crippen molar-refractivity contribution in [3.8, 4) is 0 Å². The van der Waals surface area contributed by atoms with Gasteiger partial charge in [-0.05, 0) is 25.0 Å². The Morgan fingerprint density at radius 2 is 1.90 bits per heavy atom. The molecule has 31 heavy (non-hydrogen) atoms. The van der Waals surface area contributed by atoms with Crippen LogP contribution < -0.4 is 15.5 Å². The number of rotatable bonds is 7. The van der Waals surface area contributed by atoms with E-state index in [-0.39, 0.29) is 35.9 Å². The van der Waals surface area contributed by atoms with Gasteiger partial charge < -0.3 is 15.5 Å². The largest absolute Gasteiger partial charge is 0.353 e. The van der Waals surface area contributed by atoms with E-state index in [0.29, 0.717) is 16.0 Å². The van der Waals surface area contributed by atoms with Crippen LogP contribution in [0.5, 0.6) is 0 Å². The summed E-state index contributed by atoms with van der Waals surface area (Å²) >= 11 is 2.55. The molecule has 1 aliphatic carbocycles. The second-order valence-electron chi connectivity index (χ2n) is 7.79. The fourth-order valence-electron chi connectivity index (χ4n) is 3.91. The standard InChI is InChI=1S/C21H25N5O3S2/c27-17(22-15-7-3-1-4-8-15)13-30-21-25-24-20(31-21)23-19(29)14-11-18(28)26(12-14)16-9-5-2-6-10-16/h2,5-6,9-10,14-15H,1,3-4,7-8,11-13H2,(H,22,27)(H,23,24,29)/t14-/m1/s1. The SMILES string of the molecule is O=C(CSc1nnc(NC(=O)[C@@H]2CC(=O)N(c3ccccc3)C2)s1)NC1CCCCC1. The Bertz CT molecular complexity index is 930. The van der Waals surface area contributed by atoms with Crippen molar-refractivity contribution in [3.05, 3.63) is 30.3 Å². The molecule has 2 aliphatic rings. The first-order chi connectivity index (χ1) is 15.1. The van der Waals surface area contributed by atoms with Crippen LogP contribution >= 0.6 is 23.1 Å². The average molecular weight is 460 g/mol. The third kappa shape index (κ3) is 5.82. The molecule has 2 N–H and O–H groups in total. The lowest BCUT2D eigenvalue weighted by Crippen LogP contribution is -2.37. The summed E-state index contributed by atoms with van der Waals surface area (Å²) in [6.07, 6.45) is 5.87. The van der Waals surface area contributed by atoms with Gasteiger partial charge in [0.1, 0.15) is 0 Å². The van der Waals surface area contributed by atoms with Crippen molar-refractivity contribution in [3.63, 3.8) is 0 Å². The number of amides is 3. The van der Waals surface area contributed by atoms with Crippen molar-refractivity contribution in [2.24, 2.45) is 5.92 Å². The van der Waals surface area contributed by atoms with Crippen molar-refractivity contribution in [1.29, 1.82) is 0 Å². The lowest BCUT2D eigenvalue weighted by Gasteiger charge is -2.22. The van der Waals surface area contributed by atoms with E-state index in [1.54, 1.807) is 4.90 Å². The number of hydrogen-bond acceptors (Lipinski definition) is 7. The van der Waals surface area contributed by atoms with Gasteiger partial charge in [-0.15, -0.1) is 10.2 Å². The van der Waals surface area contributed by atoms with Crippen molar-refractivity contribution in [2.75, 3.05) is 22.5 Å². The molecule has 4 rings (SSSR count). The van der Waals surface area contributed by atoms with Gasteiger partial charge in [0.15, 0.2) is 4.34 Å². The van der Waals surface area contributed by atoms with Crippen LogP contribution in [0.1, 0.15) is 38.5 Å². The van der Waals surface area contributed by atoms with Crippen molar-refractivity contribution >= 4 is 51.6 Å². The third-order valence-electron chi connectivity index (χ3n) is 5.50. The van der Waals surface area contributed by atoms with E-state index in [1.807, 2.05) is 30.3 Å². The van der Waals surface area contributed by atoms with Crippen LogP contribution in [0, 0.1) is 5.92 Å². The van der Waals surface area contributed by atoms with E-state index in [2.05, 4.69) is 20.8 Å². The van der Waals surface area contributed by atoms with Crippen molar-refractivity contribution < 1.29 is 14.4 Å². The third-order valence-corrected chi connectivity index (χ3v) is 7.47. The Balaban J connectivity index is 1.24. The number of thioether (sulfide) groups is 1. The predicted molar refractivity (Wildman–Crippen MR) is 121 cm³/mol. The van der Waals surface area contributed by atoms with Crippen LogP contribution in [-0.2, 0) is 14.4 Å². The molecular formula is C21H25N5O3S2. The molecule has 0 spiro atoms. The van der Waals surface area contributed by atoms with E-state index >= 15 is 0 Å². The maximum Gasteiger partial charge on any atom is 0.231 e. The average Bonchev–Trinajstić information content (AvgIpc) is 3.40. The number of nitrogens with one attached hydrogen (secondary N) is 2. The molecule has 0 radical (unpaired) electrons. The smallest absolute Gasteiger partial charge is 0.231 e. The van der Waals surface area contributed by atoms with Gasteiger partial charge in [0.25, 0.3) is 0 Å². The Hall–Kier alpha value is -2.46. The highest BCUT2D eigenvalue weighted by molar-refractivity contribution is 8.01. The summed E-state index contributed by atoms with van der Waals surface area (Å²) in [4.78, 5) is 38.7. The molecule has 1 aromatic heterocycles. The molecule has 2 fully saturated rings. The quantitative estimate of drug-likeness (QED) is 0.487. The summed E-state index contributed by atoms with van der Waals surface area (Å²) < 4.78 is 0.627. The zero-order valence-corrected chi connectivity index (χ0v) is 18.7. The molecule has 1 aromatic carbocycles. The van der Waals surface area contributed by atoms with Crippen LogP contribution in [-0.4, -0.2) is 46.3 Å². The van der Waals surface area contributed by atoms with Crippen molar-refractivity contribution in [2.45, 2.75) is 48.9 Å². The normalized spacial score (nSPS) is 19.4. The Morgan fingerprint density at radius 3 is 2.68 bits per heavy atom. The van der Waals surface area contributed by atoms with Gasteiger partial charge in [0.05, 0.1) is 11.7 Å². The fourth-order valence-corrected chi connectivity index (χ4v) is 5.48. The lowest BCUT2D eigenvalue weighted by atomic mass is 9.95. The zero-order chi connectivity index (χ0) is 21.6. The molecular weight excluding hydrogens is 434 g/mol. The number of carbonyl (C=O) groups excluding carboxylic acids is 3. The van der Waals surface area contributed by atoms with E-state index < -0.39 is 5.92 Å². The summed E-state index contributed by atoms with van der Waals surface area (Å²) in [6, 6.07) is 9.63. The first-order valence-corrected chi connectivity index (χ1v) is 12.3. The highest BCUT2D eigenvalue weighted by Crippen LogP contribution is 2.28. The van der Waals surface area contributed by atoms with Crippen LogP contribution in [0.4, 0.5) is 10.8 Å². The van der Waals surface area contributed by atoms with Gasteiger partial charge in [0.2, 0.25) is 22.9 Å². The number of carbonyl (C=O) groups is 3. The highest BCUT2D eigenvalue weighted by atomic mass is 32.2. The van der Waals surface area contributed by atoms with Crippen LogP contribution in [0.2, 0.25) is 0 Å². The van der Waals surface area contributed by atoms with Crippen molar-refractivity contribution in [1.82, 2.24) is 15.5 Å². The first kappa shape index (κ1) is 21.8. The first-order valence-electron chi connectivity index (χ1n) is 10.5. The fraction of sp³-hybridized carbons (Fsp3) is 0.476. The highest BCUT2D eigenvalue weighted by Gasteiger charge is 2.35. The molecule has 1 saturated heterocycles. The second kappa shape index (κ2) is 10.2. The van der Waals surface area contributed by atoms with Gasteiger partial charge >= 0.3 is 0 Å². The van der Waals surface area contributed by atoms with Gasteiger partial charge in [0, 0.05) is 24.7 Å². The molecule has 1 aliphatic heterocycles. The van der Waals surface area contributed by atoms with E-state index in [1.165, 1.54) is 42.4 Å². The van der Waals surface area contributed by atoms with E-state index in [4.69, 9.17) is 0 Å². The summed E-state index contributed by atoms with van der Waals surface area (Å²) in [6.45, 7) is 0.344. The van der Waals surface area contributed by atoms with Crippen LogP contribution in [0.3, 0.4) is 0 Å². The van der Waals surface area contributed by atoms with Crippen LogP contribution in [0.15, 0.2) is 34.7 Å². The summed E-state index contributed by atoms with van der Waals surface area (Å²) in [7, 11) is 0. The number of hydrogen-bond donors (Lipinski definition) is 2. The number of para-hydroxylation sites is 1. The maximum atomic E-state index is 12.6. The Labute approximate surface area is 189 Å². The number of nitrogens with zero attached hydrogens (tertiary/aromatic N) is 3. The molecule has 10 heteroatoms. The molecule has 8 nitrogen and oxygen atoms in total. The molecule has 1 atom stereocenters. The molecule has 0 unspecified atom stereocenters. The molecule has 164 valence electrons. The number of benzene rings is 1. The van der Waals surface area contributed by atoms with Crippen LogP contribution in [0.25, 0.3) is 0 Å². The van der Waals surface area contributed by atoms with Gasteiger partial charge in [-0.3, -0.25) is 14.4 Å². The number of anilines is 2. The zero-order valence-electron chi connectivity index (χ0n) is 17.1. The van der Waals surface area contributed by atoms with E-state index in [0.717, 1.165) is 18.5 Å². The minimum Gasteiger partial charge on any atom is -0.353 e. The molecule has 0 bridgehead atoms.